The van der Waals surface area contributed by atoms with Crippen molar-refractivity contribution < 1.29 is 14.3 Å². The Kier molecular flexibility index (Phi) is 5.20. The molecule has 2 rings (SSSR count). The molecule has 1 heterocycles. The number of aliphatic hydroxyl groups is 1. The lowest BCUT2D eigenvalue weighted by atomic mass is 9.99. The Morgan fingerprint density at radius 2 is 2.35 bits per heavy atom. The summed E-state index contributed by atoms with van der Waals surface area (Å²) in [5.74, 6) is -0.307. The first-order chi connectivity index (χ1) is 9.60. The van der Waals surface area contributed by atoms with Crippen LogP contribution in [0.2, 0.25) is 5.02 Å². The average molecular weight is 301 g/mol. The zero-order chi connectivity index (χ0) is 14.5. The minimum Gasteiger partial charge on any atom is -0.396 e. The molecule has 0 aliphatic carbocycles. The third-order valence-electron chi connectivity index (χ3n) is 3.49. The first kappa shape index (κ1) is 15.1. The summed E-state index contributed by atoms with van der Waals surface area (Å²) in [5.41, 5.74) is 0.750. The van der Waals surface area contributed by atoms with Crippen LogP contribution < -0.4 is 5.32 Å². The molecule has 1 unspecified atom stereocenters. The number of amides is 2. The molecule has 1 aromatic carbocycles. The van der Waals surface area contributed by atoms with E-state index >= 15 is 0 Å². The standard InChI is InChI=1S/C14H18ClFN2O2/c15-12-6-10(3-4-13(12)16)7-17-14(20)18-5-1-2-11(8-18)9-19/h3-4,6,11,19H,1-2,5,7-9H2,(H,17,20). The van der Waals surface area contributed by atoms with Crippen LogP contribution >= 0.6 is 11.6 Å². The number of hydrogen-bond donors (Lipinski definition) is 2. The van der Waals surface area contributed by atoms with Gasteiger partial charge in [-0.2, -0.15) is 0 Å². The first-order valence-corrected chi connectivity index (χ1v) is 7.05. The fourth-order valence-corrected chi connectivity index (χ4v) is 2.54. The van der Waals surface area contributed by atoms with E-state index in [1.807, 2.05) is 0 Å². The number of carbonyl (C=O) groups excluding carboxylic acids is 1. The van der Waals surface area contributed by atoms with Gasteiger partial charge in [-0.25, -0.2) is 9.18 Å². The lowest BCUT2D eigenvalue weighted by Gasteiger charge is -2.31. The van der Waals surface area contributed by atoms with Crippen LogP contribution in [0.5, 0.6) is 0 Å². The number of hydrogen-bond acceptors (Lipinski definition) is 2. The second-order valence-corrected chi connectivity index (χ2v) is 5.45. The summed E-state index contributed by atoms with van der Waals surface area (Å²) >= 11 is 5.69. The number of nitrogens with one attached hydrogen (secondary N) is 1. The number of piperidine rings is 1. The van der Waals surface area contributed by atoms with E-state index in [0.29, 0.717) is 19.6 Å². The van der Waals surface area contributed by atoms with Gasteiger partial charge in [-0.15, -0.1) is 0 Å². The highest BCUT2D eigenvalue weighted by Gasteiger charge is 2.22. The number of nitrogens with zero attached hydrogens (tertiary/aromatic N) is 1. The van der Waals surface area contributed by atoms with Crippen molar-refractivity contribution in [3.8, 4) is 0 Å². The van der Waals surface area contributed by atoms with Crippen LogP contribution in [-0.4, -0.2) is 35.7 Å². The number of aliphatic hydroxyl groups excluding tert-OH is 1. The van der Waals surface area contributed by atoms with Gasteiger partial charge in [0.1, 0.15) is 5.82 Å². The van der Waals surface area contributed by atoms with Crippen molar-refractivity contribution in [3.05, 3.63) is 34.6 Å². The van der Waals surface area contributed by atoms with Crippen molar-refractivity contribution >= 4 is 17.6 Å². The maximum absolute atomic E-state index is 13.0. The van der Waals surface area contributed by atoms with Crippen molar-refractivity contribution in [2.24, 2.45) is 5.92 Å². The highest BCUT2D eigenvalue weighted by molar-refractivity contribution is 6.30. The number of urea groups is 1. The largest absolute Gasteiger partial charge is 0.396 e. The SMILES string of the molecule is O=C(NCc1ccc(F)c(Cl)c1)N1CCCC(CO)C1. The number of likely N-dealkylation sites (tertiary alicyclic amines) is 1. The Morgan fingerprint density at radius 3 is 3.05 bits per heavy atom. The van der Waals surface area contributed by atoms with Crippen LogP contribution in [0.1, 0.15) is 18.4 Å². The molecule has 1 atom stereocenters. The molecule has 0 spiro atoms. The molecule has 4 nitrogen and oxygen atoms in total. The van der Waals surface area contributed by atoms with E-state index in [1.54, 1.807) is 11.0 Å². The highest BCUT2D eigenvalue weighted by Crippen LogP contribution is 2.17. The highest BCUT2D eigenvalue weighted by atomic mass is 35.5. The van der Waals surface area contributed by atoms with Gasteiger partial charge >= 0.3 is 6.03 Å². The zero-order valence-corrected chi connectivity index (χ0v) is 11.9. The van der Waals surface area contributed by atoms with Gasteiger partial charge in [0.25, 0.3) is 0 Å². The molecule has 0 bridgehead atoms. The fraction of sp³-hybridized carbons (Fsp3) is 0.500. The van der Waals surface area contributed by atoms with E-state index in [9.17, 15) is 9.18 Å². The molecule has 1 fully saturated rings. The molecule has 1 aliphatic heterocycles. The third kappa shape index (κ3) is 3.84. The van der Waals surface area contributed by atoms with E-state index in [0.717, 1.165) is 18.4 Å². The topological polar surface area (TPSA) is 52.6 Å². The predicted octanol–water partition coefficient (Wildman–Crippen LogP) is 2.39. The van der Waals surface area contributed by atoms with E-state index in [-0.39, 0.29) is 23.6 Å². The molecule has 2 amide bonds. The Bertz CT molecular complexity index is 484. The summed E-state index contributed by atoms with van der Waals surface area (Å²) in [6.07, 6.45) is 1.86. The van der Waals surface area contributed by atoms with Gasteiger partial charge in [0.15, 0.2) is 0 Å². The molecule has 6 heteroatoms. The summed E-state index contributed by atoms with van der Waals surface area (Å²) in [6, 6.07) is 4.22. The average Bonchev–Trinajstić information content (AvgIpc) is 2.48. The first-order valence-electron chi connectivity index (χ1n) is 6.67. The number of halogens is 2. The molecule has 110 valence electrons. The van der Waals surface area contributed by atoms with Crippen LogP contribution in [0.25, 0.3) is 0 Å². The lowest BCUT2D eigenvalue weighted by molar-refractivity contribution is 0.129. The van der Waals surface area contributed by atoms with Crippen LogP contribution in [0, 0.1) is 11.7 Å². The Hall–Kier alpha value is -1.33. The van der Waals surface area contributed by atoms with Crippen LogP contribution in [0.4, 0.5) is 9.18 Å². The molecule has 1 aliphatic rings. The minimum atomic E-state index is -0.469. The second kappa shape index (κ2) is 6.90. The fourth-order valence-electron chi connectivity index (χ4n) is 2.34. The van der Waals surface area contributed by atoms with Gasteiger partial charge < -0.3 is 15.3 Å². The predicted molar refractivity (Wildman–Crippen MR) is 75.0 cm³/mol. The summed E-state index contributed by atoms with van der Waals surface area (Å²) in [5, 5.41) is 12.0. The molecular formula is C14H18ClFN2O2. The molecule has 20 heavy (non-hydrogen) atoms. The van der Waals surface area contributed by atoms with E-state index in [1.165, 1.54) is 12.1 Å². The Labute approximate surface area is 122 Å². The van der Waals surface area contributed by atoms with Gasteiger partial charge in [-0.1, -0.05) is 17.7 Å². The smallest absolute Gasteiger partial charge is 0.317 e. The monoisotopic (exact) mass is 300 g/mol. The van der Waals surface area contributed by atoms with Crippen molar-refractivity contribution in [1.29, 1.82) is 0 Å². The Balaban J connectivity index is 1.86. The molecule has 1 saturated heterocycles. The van der Waals surface area contributed by atoms with Crippen LogP contribution in [0.15, 0.2) is 18.2 Å². The number of benzene rings is 1. The summed E-state index contributed by atoms with van der Waals surface area (Å²) in [6.45, 7) is 1.69. The minimum absolute atomic E-state index is 0.0510. The van der Waals surface area contributed by atoms with E-state index in [2.05, 4.69) is 5.32 Å². The van der Waals surface area contributed by atoms with Gasteiger partial charge in [0.2, 0.25) is 0 Å². The molecule has 0 saturated carbocycles. The van der Waals surface area contributed by atoms with Crippen molar-refractivity contribution in [3.63, 3.8) is 0 Å². The summed E-state index contributed by atoms with van der Waals surface area (Å²) < 4.78 is 13.0. The Morgan fingerprint density at radius 1 is 1.55 bits per heavy atom. The zero-order valence-electron chi connectivity index (χ0n) is 11.1. The normalized spacial score (nSPS) is 18.9. The van der Waals surface area contributed by atoms with E-state index < -0.39 is 5.82 Å². The number of rotatable bonds is 3. The molecule has 0 radical (unpaired) electrons. The molecule has 0 aromatic heterocycles. The number of carbonyl (C=O) groups is 1. The quantitative estimate of drug-likeness (QED) is 0.900. The molecule has 1 aromatic rings. The third-order valence-corrected chi connectivity index (χ3v) is 3.78. The maximum atomic E-state index is 13.0. The van der Waals surface area contributed by atoms with Gasteiger partial charge in [-0.3, -0.25) is 0 Å². The lowest BCUT2D eigenvalue weighted by Crippen LogP contribution is -2.45. The van der Waals surface area contributed by atoms with Gasteiger partial charge in [0, 0.05) is 26.2 Å². The van der Waals surface area contributed by atoms with Crippen molar-refractivity contribution in [2.45, 2.75) is 19.4 Å². The van der Waals surface area contributed by atoms with Crippen molar-refractivity contribution in [2.75, 3.05) is 19.7 Å². The van der Waals surface area contributed by atoms with Crippen LogP contribution in [0.3, 0.4) is 0 Å². The van der Waals surface area contributed by atoms with E-state index in [4.69, 9.17) is 16.7 Å². The van der Waals surface area contributed by atoms with Crippen LogP contribution in [-0.2, 0) is 6.54 Å². The van der Waals surface area contributed by atoms with Crippen molar-refractivity contribution in [1.82, 2.24) is 10.2 Å². The van der Waals surface area contributed by atoms with Gasteiger partial charge in [-0.05, 0) is 36.5 Å². The molecule has 2 N–H and O–H groups in total. The summed E-state index contributed by atoms with van der Waals surface area (Å²) in [7, 11) is 0. The summed E-state index contributed by atoms with van der Waals surface area (Å²) in [4.78, 5) is 13.7. The van der Waals surface area contributed by atoms with Gasteiger partial charge in [0.05, 0.1) is 5.02 Å². The maximum Gasteiger partial charge on any atom is 0.317 e. The molecular weight excluding hydrogens is 283 g/mol. The second-order valence-electron chi connectivity index (χ2n) is 5.04.